The summed E-state index contributed by atoms with van der Waals surface area (Å²) in [5.41, 5.74) is 3.25. The van der Waals surface area contributed by atoms with Crippen molar-refractivity contribution in [1.82, 2.24) is 0 Å². The van der Waals surface area contributed by atoms with Crippen molar-refractivity contribution in [3.8, 4) is 11.5 Å². The van der Waals surface area contributed by atoms with Crippen molar-refractivity contribution in [3.63, 3.8) is 0 Å². The molecule has 0 fully saturated rings. The van der Waals surface area contributed by atoms with Crippen molar-refractivity contribution in [3.05, 3.63) is 29.3 Å². The summed E-state index contributed by atoms with van der Waals surface area (Å²) in [6.45, 7) is 6.58. The quantitative estimate of drug-likeness (QED) is 0.746. The topological polar surface area (TPSA) is 29.5 Å². The number of allylic oxidation sites excluding steroid dienone is 1. The summed E-state index contributed by atoms with van der Waals surface area (Å²) < 4.78 is 6.32. The number of benzene rings is 1. The van der Waals surface area contributed by atoms with Crippen LogP contribution in [0.5, 0.6) is 11.5 Å². The van der Waals surface area contributed by atoms with Gasteiger partial charge in [0.2, 0.25) is 0 Å². The molecule has 1 aromatic carbocycles. The second-order valence-electron chi connectivity index (χ2n) is 7.29. The normalized spacial score (nSPS) is 22.3. The van der Waals surface area contributed by atoms with Gasteiger partial charge in [-0.3, -0.25) is 0 Å². The van der Waals surface area contributed by atoms with Crippen molar-refractivity contribution in [2.45, 2.75) is 71.3 Å². The van der Waals surface area contributed by atoms with Gasteiger partial charge in [0.25, 0.3) is 0 Å². The molecule has 0 saturated heterocycles. The molecular weight excluding hydrogens is 272 g/mol. The molecule has 1 aliphatic heterocycles. The van der Waals surface area contributed by atoms with Crippen LogP contribution in [0.2, 0.25) is 0 Å². The minimum Gasteiger partial charge on any atom is -0.507 e. The van der Waals surface area contributed by atoms with Gasteiger partial charge in [0.15, 0.2) is 0 Å². The van der Waals surface area contributed by atoms with Crippen LogP contribution >= 0.6 is 0 Å². The lowest BCUT2D eigenvalue weighted by Crippen LogP contribution is -2.42. The fraction of sp³-hybridized carbons (Fsp3) is 0.600. The maximum Gasteiger partial charge on any atom is 0.131 e. The van der Waals surface area contributed by atoms with Crippen LogP contribution in [0, 0.1) is 5.92 Å². The van der Waals surface area contributed by atoms with Crippen molar-refractivity contribution < 1.29 is 9.84 Å². The Hall–Kier alpha value is -1.44. The van der Waals surface area contributed by atoms with Crippen LogP contribution in [0.1, 0.15) is 70.4 Å². The van der Waals surface area contributed by atoms with E-state index >= 15 is 0 Å². The zero-order chi connectivity index (χ0) is 15.7. The molecule has 1 aliphatic carbocycles. The Kier molecular flexibility index (Phi) is 4.20. The largest absolute Gasteiger partial charge is 0.507 e. The summed E-state index contributed by atoms with van der Waals surface area (Å²) in [5.74, 6) is 1.67. The predicted octanol–water partition coefficient (Wildman–Crippen LogP) is 5.48. The van der Waals surface area contributed by atoms with Gasteiger partial charge in [0.1, 0.15) is 17.1 Å². The van der Waals surface area contributed by atoms with Gasteiger partial charge in [-0.2, -0.15) is 0 Å². The number of unbranched alkanes of at least 4 members (excludes halogenated alkanes) is 2. The van der Waals surface area contributed by atoms with Gasteiger partial charge in [-0.1, -0.05) is 25.8 Å². The maximum absolute atomic E-state index is 10.6. The summed E-state index contributed by atoms with van der Waals surface area (Å²) in [7, 11) is 0. The second-order valence-corrected chi connectivity index (χ2v) is 7.29. The number of ether oxygens (including phenoxy) is 1. The van der Waals surface area contributed by atoms with Crippen molar-refractivity contribution >= 4 is 5.57 Å². The van der Waals surface area contributed by atoms with Gasteiger partial charge >= 0.3 is 0 Å². The molecule has 0 radical (unpaired) electrons. The van der Waals surface area contributed by atoms with Crippen LogP contribution in [0.25, 0.3) is 5.57 Å². The van der Waals surface area contributed by atoms with Crippen molar-refractivity contribution in [2.24, 2.45) is 5.92 Å². The van der Waals surface area contributed by atoms with Gasteiger partial charge in [-0.05, 0) is 69.2 Å². The third-order valence-electron chi connectivity index (χ3n) is 5.15. The van der Waals surface area contributed by atoms with Crippen LogP contribution in [-0.2, 0) is 6.42 Å². The lowest BCUT2D eigenvalue weighted by Gasteiger charge is -2.43. The molecule has 22 heavy (non-hydrogen) atoms. The highest BCUT2D eigenvalue weighted by atomic mass is 16.5. The van der Waals surface area contributed by atoms with E-state index in [0.29, 0.717) is 11.7 Å². The molecular formula is C20H28O2. The summed E-state index contributed by atoms with van der Waals surface area (Å²) in [6, 6.07) is 4.10. The highest BCUT2D eigenvalue weighted by Crippen LogP contribution is 2.51. The minimum absolute atomic E-state index is 0.187. The van der Waals surface area contributed by atoms with Crippen LogP contribution in [-0.4, -0.2) is 10.7 Å². The molecule has 2 heteroatoms. The molecule has 3 rings (SSSR count). The van der Waals surface area contributed by atoms with Crippen LogP contribution in [0.4, 0.5) is 0 Å². The Labute approximate surface area is 134 Å². The monoisotopic (exact) mass is 300 g/mol. The van der Waals surface area contributed by atoms with Gasteiger partial charge in [0.05, 0.1) is 5.56 Å². The number of aromatic hydroxyl groups is 1. The molecule has 0 bridgehead atoms. The standard InChI is InChI=1S/C20H28O2/c1-4-5-6-9-14-12-17(21)19-15-10-7-8-11-16(15)20(2,3)22-18(19)13-14/h10,12-13,16,21H,4-9,11H2,1-3H3/t16-/m1/s1. The van der Waals surface area contributed by atoms with E-state index in [4.69, 9.17) is 4.74 Å². The fourth-order valence-corrected chi connectivity index (χ4v) is 3.98. The lowest BCUT2D eigenvalue weighted by molar-refractivity contribution is 0.0529. The number of hydrogen-bond donors (Lipinski definition) is 1. The van der Waals surface area contributed by atoms with Crippen molar-refractivity contribution in [1.29, 1.82) is 0 Å². The molecule has 0 unspecified atom stereocenters. The maximum atomic E-state index is 10.6. The molecule has 120 valence electrons. The first-order valence-electron chi connectivity index (χ1n) is 8.78. The van der Waals surface area contributed by atoms with E-state index in [1.807, 2.05) is 6.07 Å². The van der Waals surface area contributed by atoms with Gasteiger partial charge in [-0.25, -0.2) is 0 Å². The fourth-order valence-electron chi connectivity index (χ4n) is 3.98. The number of fused-ring (bicyclic) bond motifs is 3. The molecule has 1 N–H and O–H groups in total. The Morgan fingerprint density at radius 2 is 2.09 bits per heavy atom. The van der Waals surface area contributed by atoms with Gasteiger partial charge in [-0.15, -0.1) is 0 Å². The Bertz CT molecular complexity index is 584. The van der Waals surface area contributed by atoms with E-state index in [1.165, 1.54) is 36.8 Å². The van der Waals surface area contributed by atoms with E-state index in [2.05, 4.69) is 32.9 Å². The second kappa shape index (κ2) is 5.98. The van der Waals surface area contributed by atoms with Crippen LogP contribution in [0.15, 0.2) is 18.2 Å². The van der Waals surface area contributed by atoms with E-state index in [1.54, 1.807) is 0 Å². The Balaban J connectivity index is 1.98. The van der Waals surface area contributed by atoms with E-state index in [-0.39, 0.29) is 5.60 Å². The number of aryl methyl sites for hydroxylation is 1. The zero-order valence-electron chi connectivity index (χ0n) is 14.1. The minimum atomic E-state index is -0.187. The number of phenolic OH excluding ortho intramolecular Hbond substituents is 1. The molecule has 2 aliphatic rings. The third kappa shape index (κ3) is 2.76. The highest BCUT2D eigenvalue weighted by molar-refractivity contribution is 5.79. The number of phenols is 1. The molecule has 0 saturated carbocycles. The average Bonchev–Trinajstić information content (AvgIpc) is 2.46. The smallest absolute Gasteiger partial charge is 0.131 e. The first-order chi connectivity index (χ1) is 10.5. The first kappa shape index (κ1) is 15.5. The van der Waals surface area contributed by atoms with Crippen LogP contribution < -0.4 is 4.74 Å². The summed E-state index contributed by atoms with van der Waals surface area (Å²) >= 11 is 0. The molecule has 1 atom stereocenters. The third-order valence-corrected chi connectivity index (χ3v) is 5.15. The SMILES string of the molecule is CCCCCc1cc(O)c2c(c1)OC(C)(C)[C@@H]1CCCC=C21. The highest BCUT2D eigenvalue weighted by Gasteiger charge is 2.42. The molecule has 0 aromatic heterocycles. The Morgan fingerprint density at radius 1 is 1.27 bits per heavy atom. The van der Waals surface area contributed by atoms with E-state index < -0.39 is 0 Å². The van der Waals surface area contributed by atoms with Gasteiger partial charge in [0, 0.05) is 5.92 Å². The first-order valence-corrected chi connectivity index (χ1v) is 8.78. The summed E-state index contributed by atoms with van der Waals surface area (Å²) in [5, 5.41) is 10.6. The number of rotatable bonds is 4. The zero-order valence-corrected chi connectivity index (χ0v) is 14.1. The molecule has 0 amide bonds. The number of hydrogen-bond acceptors (Lipinski definition) is 2. The molecule has 0 spiro atoms. The summed E-state index contributed by atoms with van der Waals surface area (Å²) in [4.78, 5) is 0. The predicted molar refractivity (Wildman–Crippen MR) is 91.4 cm³/mol. The Morgan fingerprint density at radius 3 is 2.86 bits per heavy atom. The molecule has 1 aromatic rings. The molecule has 2 nitrogen and oxygen atoms in total. The van der Waals surface area contributed by atoms with Crippen molar-refractivity contribution in [2.75, 3.05) is 0 Å². The lowest BCUT2D eigenvalue weighted by atomic mass is 9.72. The van der Waals surface area contributed by atoms with Gasteiger partial charge < -0.3 is 9.84 Å². The summed E-state index contributed by atoms with van der Waals surface area (Å²) in [6.07, 6.45) is 10.4. The van der Waals surface area contributed by atoms with E-state index in [9.17, 15) is 5.11 Å². The van der Waals surface area contributed by atoms with Crippen LogP contribution in [0.3, 0.4) is 0 Å². The van der Waals surface area contributed by atoms with E-state index in [0.717, 1.165) is 30.6 Å². The average molecular weight is 300 g/mol. The molecule has 1 heterocycles.